The first-order valence-electron chi connectivity index (χ1n) is 23.3. The van der Waals surface area contributed by atoms with Gasteiger partial charge in [-0.2, -0.15) is 0 Å². The maximum Gasteiger partial charge on any atom is 0.326 e. The van der Waals surface area contributed by atoms with Gasteiger partial charge in [0.2, 0.25) is 35.4 Å². The number of carboxylic acids is 1. The van der Waals surface area contributed by atoms with Gasteiger partial charge in [0.25, 0.3) is 0 Å². The molecule has 0 unspecified atom stereocenters. The lowest BCUT2D eigenvalue weighted by Gasteiger charge is -2.30. The number of likely N-dealkylation sites (tertiary alicyclic amines) is 2. The first-order valence-corrected chi connectivity index (χ1v) is 23.3. The minimum Gasteiger partial charge on any atom is -0.480 e. The van der Waals surface area contributed by atoms with Gasteiger partial charge in [-0.1, -0.05) is 91.0 Å². The number of nitrogens with two attached hydrogens (primary N) is 2. The van der Waals surface area contributed by atoms with E-state index in [0.717, 1.165) is 5.56 Å². The molecule has 12 N–H and O–H groups in total. The molecule has 2 fully saturated rings. The van der Waals surface area contributed by atoms with Crippen LogP contribution in [0.4, 0.5) is 0 Å². The fourth-order valence-corrected chi connectivity index (χ4v) is 8.75. The number of hydrogen-bond acceptors (Lipinski definition) is 10. The molecular formula is C49H62N12O8. The summed E-state index contributed by atoms with van der Waals surface area (Å²) in [4.78, 5) is 107. The van der Waals surface area contributed by atoms with Crippen LogP contribution in [0.3, 0.4) is 0 Å². The van der Waals surface area contributed by atoms with Crippen LogP contribution in [0.2, 0.25) is 0 Å². The number of hydrogen-bond donors (Lipinski definition) is 10. The summed E-state index contributed by atoms with van der Waals surface area (Å²) in [6, 6.07) is 18.9. The lowest BCUT2D eigenvalue weighted by Crippen LogP contribution is -2.60. The van der Waals surface area contributed by atoms with Crippen molar-refractivity contribution in [1.82, 2.24) is 46.4 Å². The number of amides is 6. The van der Waals surface area contributed by atoms with E-state index in [9.17, 15) is 38.7 Å². The molecule has 6 amide bonds. The van der Waals surface area contributed by atoms with E-state index < -0.39 is 83.7 Å². The van der Waals surface area contributed by atoms with Crippen LogP contribution in [-0.4, -0.2) is 134 Å². The van der Waals surface area contributed by atoms with Gasteiger partial charge in [-0.25, -0.2) is 9.78 Å². The van der Waals surface area contributed by atoms with Crippen molar-refractivity contribution in [3.05, 3.63) is 126 Å². The van der Waals surface area contributed by atoms with Gasteiger partial charge in [-0.3, -0.25) is 34.2 Å². The number of guanidine groups is 1. The number of carbonyl (C=O) groups excluding carboxylic acids is 6. The molecule has 2 aliphatic heterocycles. The van der Waals surface area contributed by atoms with Gasteiger partial charge in [-0.15, -0.1) is 0 Å². The molecule has 20 heteroatoms. The van der Waals surface area contributed by atoms with Crippen molar-refractivity contribution in [3.8, 4) is 0 Å². The summed E-state index contributed by atoms with van der Waals surface area (Å²) >= 11 is 0. The zero-order valence-electron chi connectivity index (χ0n) is 38.4. The van der Waals surface area contributed by atoms with E-state index in [2.05, 4.69) is 36.6 Å². The molecule has 0 radical (unpaired) electrons. The van der Waals surface area contributed by atoms with Gasteiger partial charge >= 0.3 is 5.97 Å². The maximum absolute atomic E-state index is 14.7. The predicted octanol–water partition coefficient (Wildman–Crippen LogP) is 0.277. The number of carbonyl (C=O) groups is 7. The van der Waals surface area contributed by atoms with E-state index in [-0.39, 0.29) is 57.6 Å². The average molecular weight is 947 g/mol. The van der Waals surface area contributed by atoms with Gasteiger partial charge in [0.1, 0.15) is 36.3 Å². The average Bonchev–Trinajstić information content (AvgIpc) is 4.16. The zero-order chi connectivity index (χ0) is 49.3. The molecule has 4 aromatic rings. The van der Waals surface area contributed by atoms with Crippen LogP contribution in [0.15, 0.2) is 104 Å². The molecule has 20 nitrogen and oxygen atoms in total. The van der Waals surface area contributed by atoms with E-state index in [1.807, 2.05) is 6.07 Å². The Bertz CT molecular complexity index is 2370. The summed E-state index contributed by atoms with van der Waals surface area (Å²) in [5.41, 5.74) is 14.1. The van der Waals surface area contributed by atoms with Crippen LogP contribution < -0.4 is 38.1 Å². The molecule has 0 spiro atoms. The van der Waals surface area contributed by atoms with Crippen LogP contribution >= 0.6 is 0 Å². The van der Waals surface area contributed by atoms with Gasteiger partial charge in [-0.05, 0) is 55.2 Å². The van der Waals surface area contributed by atoms with Crippen LogP contribution in [0.5, 0.6) is 0 Å². The van der Waals surface area contributed by atoms with Gasteiger partial charge in [0.15, 0.2) is 5.96 Å². The van der Waals surface area contributed by atoms with E-state index in [1.165, 1.54) is 16.1 Å². The molecule has 3 aromatic carbocycles. The number of H-pyrrole nitrogens is 1. The SMILES string of the molecule is N=C(N)NCCC[C@H](N)C(=O)N1CCC[C@H]1C(=O)N[C@@H](Cc1c[nH]cn1)C(=O)N[C@@H](Cc1ccccc1)C(=O)N[C@@H](Cc1ccccc1)C(=O)N[C@@H](Cc1ccccc1)C(=O)N1CCC[C@H]1C(=O)O. The topological polar surface area (TPSA) is 311 Å². The Morgan fingerprint density at radius 2 is 1.13 bits per heavy atom. The highest BCUT2D eigenvalue weighted by Crippen LogP contribution is 2.22. The second-order valence-corrected chi connectivity index (χ2v) is 17.4. The van der Waals surface area contributed by atoms with Crippen LogP contribution in [0, 0.1) is 5.41 Å². The number of aromatic amines is 1. The highest BCUT2D eigenvalue weighted by molar-refractivity contribution is 5.97. The molecule has 2 saturated heterocycles. The fourth-order valence-electron chi connectivity index (χ4n) is 8.75. The molecule has 366 valence electrons. The first-order chi connectivity index (χ1) is 33.3. The Kier molecular flexibility index (Phi) is 18.4. The molecule has 1 aromatic heterocycles. The Morgan fingerprint density at radius 3 is 1.61 bits per heavy atom. The molecular weight excluding hydrogens is 885 g/mol. The standard InChI is InChI=1S/C49H62N12O8/c50-35(19-10-22-54-49(51)52)46(66)60-23-11-20-40(60)45(65)58-38(28-34-29-53-30-55-34)44(64)57-36(25-31-13-4-1-5-14-31)42(62)56-37(26-32-15-6-2-7-16-32)43(63)59-39(27-33-17-8-3-9-18-33)47(67)61-24-12-21-41(61)48(68)69/h1-9,13-18,29-30,35-41H,10-12,19-28,50H2,(H,53,55)(H,56,62)(H,57,64)(H,58,65)(H,59,63)(H,68,69)(H4,51,52,54)/t35-,36-,37-,38-,39-,40-,41-/m0/s1. The van der Waals surface area contributed by atoms with E-state index >= 15 is 0 Å². The van der Waals surface area contributed by atoms with E-state index in [4.69, 9.17) is 16.9 Å². The number of aromatic nitrogens is 2. The predicted molar refractivity (Wildman–Crippen MR) is 255 cm³/mol. The summed E-state index contributed by atoms with van der Waals surface area (Å²) in [5.74, 6) is -5.08. The van der Waals surface area contributed by atoms with Crippen LogP contribution in [0.1, 0.15) is 60.9 Å². The number of rotatable bonds is 23. The monoisotopic (exact) mass is 946 g/mol. The third-order valence-corrected chi connectivity index (χ3v) is 12.3. The molecule has 69 heavy (non-hydrogen) atoms. The number of carboxylic acid groups (broad SMARTS) is 1. The van der Waals surface area contributed by atoms with Crippen molar-refractivity contribution in [2.24, 2.45) is 11.5 Å². The van der Waals surface area contributed by atoms with Crippen molar-refractivity contribution in [2.45, 2.75) is 107 Å². The quantitative estimate of drug-likeness (QED) is 0.0273. The molecule has 2 aliphatic rings. The lowest BCUT2D eigenvalue weighted by atomic mass is 10.0. The number of benzene rings is 3. The normalized spacial score (nSPS) is 17.6. The Hall–Kier alpha value is -7.61. The summed E-state index contributed by atoms with van der Waals surface area (Å²) in [7, 11) is 0. The molecule has 3 heterocycles. The van der Waals surface area contributed by atoms with Crippen LogP contribution in [0.25, 0.3) is 0 Å². The smallest absolute Gasteiger partial charge is 0.326 e. The molecule has 0 bridgehead atoms. The third-order valence-electron chi connectivity index (χ3n) is 12.3. The number of nitrogens with one attached hydrogen (secondary N) is 7. The van der Waals surface area contributed by atoms with Gasteiger partial charge in [0, 0.05) is 51.5 Å². The van der Waals surface area contributed by atoms with Crippen molar-refractivity contribution >= 4 is 47.4 Å². The second kappa shape index (κ2) is 25.0. The van der Waals surface area contributed by atoms with Crippen molar-refractivity contribution in [3.63, 3.8) is 0 Å². The maximum atomic E-state index is 14.7. The van der Waals surface area contributed by atoms with Crippen LogP contribution in [-0.2, 0) is 59.2 Å². The Balaban J connectivity index is 1.23. The van der Waals surface area contributed by atoms with Gasteiger partial charge < -0.3 is 57.9 Å². The summed E-state index contributed by atoms with van der Waals surface area (Å²) in [5, 5.41) is 31.3. The summed E-state index contributed by atoms with van der Waals surface area (Å²) in [6.07, 6.45) is 5.29. The third kappa shape index (κ3) is 14.7. The minimum absolute atomic E-state index is 0.00839. The van der Waals surface area contributed by atoms with Gasteiger partial charge in [0.05, 0.1) is 18.1 Å². The highest BCUT2D eigenvalue weighted by Gasteiger charge is 2.40. The van der Waals surface area contributed by atoms with Crippen molar-refractivity contribution < 1.29 is 38.7 Å². The second-order valence-electron chi connectivity index (χ2n) is 17.4. The minimum atomic E-state index is -1.30. The van der Waals surface area contributed by atoms with E-state index in [1.54, 1.807) is 91.1 Å². The first kappa shape index (κ1) is 50.8. The zero-order valence-corrected chi connectivity index (χ0v) is 38.4. The Morgan fingerprint density at radius 1 is 0.667 bits per heavy atom. The Labute approximate surface area is 400 Å². The number of nitrogens with zero attached hydrogens (tertiary/aromatic N) is 3. The molecule has 7 atom stereocenters. The molecule has 0 aliphatic carbocycles. The van der Waals surface area contributed by atoms with E-state index in [0.29, 0.717) is 49.0 Å². The largest absolute Gasteiger partial charge is 0.480 e. The summed E-state index contributed by atoms with van der Waals surface area (Å²) < 4.78 is 0. The highest BCUT2D eigenvalue weighted by atomic mass is 16.4. The molecule has 0 saturated carbocycles. The summed E-state index contributed by atoms with van der Waals surface area (Å²) in [6.45, 7) is 0.836. The fraction of sp³-hybridized carbons (Fsp3) is 0.408. The molecule has 6 rings (SSSR count). The number of imidazole rings is 1. The van der Waals surface area contributed by atoms with Crippen molar-refractivity contribution in [1.29, 1.82) is 5.41 Å². The number of aliphatic carboxylic acids is 1. The van der Waals surface area contributed by atoms with Crippen molar-refractivity contribution in [2.75, 3.05) is 19.6 Å². The lowest BCUT2D eigenvalue weighted by molar-refractivity contribution is -0.149.